The van der Waals surface area contributed by atoms with Crippen LogP contribution in [-0.4, -0.2) is 53.7 Å². The molecule has 0 aromatic heterocycles. The maximum absolute atomic E-state index is 13.3. The molecule has 0 bridgehead atoms. The third kappa shape index (κ3) is 4.33. The summed E-state index contributed by atoms with van der Waals surface area (Å²) < 4.78 is 144. The number of alkyl halides is 11. The molecule has 1 unspecified atom stereocenters. The summed E-state index contributed by atoms with van der Waals surface area (Å²) in [5, 5.41) is 8.95. The number of carbonyl (C=O) groups excluding carboxylic acids is 1. The Kier molecular flexibility index (Phi) is 6.51. The number of halogens is 11. The summed E-state index contributed by atoms with van der Waals surface area (Å²) in [6.45, 7) is 1.32. The number of aliphatic hydroxyl groups is 1. The number of ether oxygens (including phenoxy) is 1. The van der Waals surface area contributed by atoms with Crippen molar-refractivity contribution in [2.24, 2.45) is 0 Å². The molecular weight excluding hydrogens is 389 g/mol. The van der Waals surface area contributed by atoms with Crippen molar-refractivity contribution in [2.45, 2.75) is 42.4 Å². The Hall–Kier alpha value is -1.60. The fourth-order valence-corrected chi connectivity index (χ4v) is 1.49. The molecule has 0 aliphatic carbocycles. The Labute approximate surface area is 132 Å². The van der Waals surface area contributed by atoms with E-state index in [4.69, 9.17) is 5.11 Å². The van der Waals surface area contributed by atoms with E-state index in [-0.39, 0.29) is 0 Å². The number of carbonyl (C=O) groups is 1. The van der Waals surface area contributed by atoms with Crippen LogP contribution in [0.1, 0.15) is 6.42 Å². The van der Waals surface area contributed by atoms with Gasteiger partial charge in [-0.05, 0) is 0 Å². The molecule has 1 N–H and O–H groups in total. The first-order valence-corrected chi connectivity index (χ1v) is 5.90. The molecule has 0 radical (unpaired) electrons. The number of hydrogen-bond acceptors (Lipinski definition) is 3. The minimum absolute atomic E-state index is 0.430. The van der Waals surface area contributed by atoms with Gasteiger partial charge in [0.2, 0.25) is 0 Å². The minimum atomic E-state index is -7.59. The third-order valence-corrected chi connectivity index (χ3v) is 2.75. The molecule has 0 heterocycles. The summed E-state index contributed by atoms with van der Waals surface area (Å²) in [7, 11) is 0. The van der Waals surface area contributed by atoms with Crippen LogP contribution in [-0.2, 0) is 9.53 Å². The van der Waals surface area contributed by atoms with Gasteiger partial charge in [0, 0.05) is 12.5 Å². The molecular formula is C11H9F11O3. The van der Waals surface area contributed by atoms with Gasteiger partial charge >= 0.3 is 35.8 Å². The van der Waals surface area contributed by atoms with E-state index in [1.807, 2.05) is 0 Å². The van der Waals surface area contributed by atoms with Crippen LogP contribution in [0.4, 0.5) is 48.3 Å². The van der Waals surface area contributed by atoms with Crippen LogP contribution in [0.5, 0.6) is 0 Å². The molecule has 0 amide bonds. The molecule has 3 nitrogen and oxygen atoms in total. The van der Waals surface area contributed by atoms with E-state index in [1.54, 1.807) is 0 Å². The van der Waals surface area contributed by atoms with E-state index >= 15 is 0 Å². The van der Waals surface area contributed by atoms with Gasteiger partial charge in [0.25, 0.3) is 0 Å². The van der Waals surface area contributed by atoms with Gasteiger partial charge in [-0.2, -0.15) is 43.9 Å². The molecule has 0 fully saturated rings. The topological polar surface area (TPSA) is 46.5 Å². The first-order chi connectivity index (χ1) is 10.8. The van der Waals surface area contributed by atoms with Crippen LogP contribution < -0.4 is 0 Å². The second kappa shape index (κ2) is 6.96. The van der Waals surface area contributed by atoms with Gasteiger partial charge in [0.05, 0.1) is 6.10 Å². The van der Waals surface area contributed by atoms with Crippen molar-refractivity contribution < 1.29 is 62.9 Å². The number of aliphatic hydroxyl groups excluding tert-OH is 1. The molecule has 0 aromatic carbocycles. The molecule has 0 aliphatic rings. The van der Waals surface area contributed by atoms with E-state index in [1.165, 1.54) is 0 Å². The van der Waals surface area contributed by atoms with Gasteiger partial charge in [-0.3, -0.25) is 0 Å². The Morgan fingerprint density at radius 2 is 1.36 bits per heavy atom. The predicted molar refractivity (Wildman–Crippen MR) is 57.6 cm³/mol. The monoisotopic (exact) mass is 398 g/mol. The summed E-state index contributed by atoms with van der Waals surface area (Å²) in [5.41, 5.74) is -7.59. The minimum Gasteiger partial charge on any atom is -0.460 e. The smallest absolute Gasteiger partial charge is 0.438 e. The van der Waals surface area contributed by atoms with E-state index in [9.17, 15) is 53.1 Å². The zero-order chi connectivity index (χ0) is 20.5. The first-order valence-electron chi connectivity index (χ1n) is 5.90. The Morgan fingerprint density at radius 3 is 1.68 bits per heavy atom. The fraction of sp³-hybridized carbons (Fsp3) is 0.727. The normalized spacial score (nSPS) is 15.7. The fourth-order valence-electron chi connectivity index (χ4n) is 1.49. The summed E-state index contributed by atoms with van der Waals surface area (Å²) in [6, 6.07) is 0. The third-order valence-electron chi connectivity index (χ3n) is 2.75. The van der Waals surface area contributed by atoms with Crippen LogP contribution in [0.3, 0.4) is 0 Å². The zero-order valence-electron chi connectivity index (χ0n) is 11.7. The van der Waals surface area contributed by atoms with Crippen molar-refractivity contribution in [1.29, 1.82) is 0 Å². The summed E-state index contributed by atoms with van der Waals surface area (Å²) >= 11 is 0. The van der Waals surface area contributed by atoms with Gasteiger partial charge < -0.3 is 9.84 Å². The first kappa shape index (κ1) is 23.4. The largest absolute Gasteiger partial charge is 0.460 e. The highest BCUT2D eigenvalue weighted by atomic mass is 19.4. The van der Waals surface area contributed by atoms with Gasteiger partial charge in [-0.15, -0.1) is 0 Å². The molecule has 0 spiro atoms. The molecule has 1 atom stereocenters. The predicted octanol–water partition coefficient (Wildman–Crippen LogP) is 3.57. The molecule has 0 aliphatic heterocycles. The summed E-state index contributed by atoms with van der Waals surface area (Å²) in [5.74, 6) is -15.0. The lowest BCUT2D eigenvalue weighted by Crippen LogP contribution is -2.70. The van der Waals surface area contributed by atoms with E-state index in [0.717, 1.165) is 0 Å². The standard InChI is InChI=1S/C11H9F11O3/c1-2-6(24)25-4-5(23)3-7(12,13)9(15,16)8(14,10(17,18)19)11(20,21)22/h2,5,23H,1,3-4H2. The van der Waals surface area contributed by atoms with Crippen molar-refractivity contribution in [3.63, 3.8) is 0 Å². The van der Waals surface area contributed by atoms with Gasteiger partial charge in [0.15, 0.2) is 0 Å². The number of esters is 1. The Morgan fingerprint density at radius 1 is 0.960 bits per heavy atom. The van der Waals surface area contributed by atoms with Crippen LogP contribution in [0.2, 0.25) is 0 Å². The van der Waals surface area contributed by atoms with Crippen LogP contribution in [0.25, 0.3) is 0 Å². The molecule has 0 rings (SSSR count). The Balaban J connectivity index is 5.70. The van der Waals surface area contributed by atoms with Gasteiger partial charge in [0.1, 0.15) is 6.61 Å². The quantitative estimate of drug-likeness (QED) is 0.405. The lowest BCUT2D eigenvalue weighted by Gasteiger charge is -2.40. The molecule has 0 saturated carbocycles. The van der Waals surface area contributed by atoms with Gasteiger partial charge in [-0.25, -0.2) is 9.18 Å². The molecule has 14 heteroatoms. The van der Waals surface area contributed by atoms with Crippen molar-refractivity contribution >= 4 is 5.97 Å². The number of hydrogen-bond donors (Lipinski definition) is 1. The molecule has 0 saturated heterocycles. The van der Waals surface area contributed by atoms with Crippen LogP contribution in [0, 0.1) is 0 Å². The highest BCUT2D eigenvalue weighted by Gasteiger charge is 2.89. The average Bonchev–Trinajstić information content (AvgIpc) is 2.40. The zero-order valence-corrected chi connectivity index (χ0v) is 11.7. The summed E-state index contributed by atoms with van der Waals surface area (Å²) in [4.78, 5) is 10.6. The highest BCUT2D eigenvalue weighted by molar-refractivity contribution is 5.81. The molecule has 148 valence electrons. The second-order valence-corrected chi connectivity index (χ2v) is 4.62. The average molecular weight is 398 g/mol. The van der Waals surface area contributed by atoms with E-state index in [2.05, 4.69) is 11.3 Å². The summed E-state index contributed by atoms with van der Waals surface area (Å²) in [6.07, 6.45) is -20.0. The van der Waals surface area contributed by atoms with Crippen molar-refractivity contribution in [3.05, 3.63) is 12.7 Å². The van der Waals surface area contributed by atoms with Crippen molar-refractivity contribution in [1.82, 2.24) is 0 Å². The lowest BCUT2D eigenvalue weighted by atomic mass is 9.88. The van der Waals surface area contributed by atoms with E-state index in [0.29, 0.717) is 6.08 Å². The maximum atomic E-state index is 13.3. The number of rotatable bonds is 7. The second-order valence-electron chi connectivity index (χ2n) is 4.62. The van der Waals surface area contributed by atoms with Gasteiger partial charge in [-0.1, -0.05) is 6.58 Å². The van der Waals surface area contributed by atoms with Crippen molar-refractivity contribution in [2.75, 3.05) is 6.61 Å². The molecule has 0 aromatic rings. The highest BCUT2D eigenvalue weighted by Crippen LogP contribution is 2.59. The Bertz CT molecular complexity index is 480. The SMILES string of the molecule is C=CC(=O)OCC(O)CC(F)(F)C(F)(F)C(F)(C(F)(F)F)C(F)(F)F. The lowest BCUT2D eigenvalue weighted by molar-refractivity contribution is -0.428. The molecule has 25 heavy (non-hydrogen) atoms. The van der Waals surface area contributed by atoms with Crippen LogP contribution >= 0.6 is 0 Å². The van der Waals surface area contributed by atoms with Crippen LogP contribution in [0.15, 0.2) is 12.7 Å². The van der Waals surface area contributed by atoms with E-state index < -0.39 is 55.0 Å². The maximum Gasteiger partial charge on any atom is 0.438 e. The van der Waals surface area contributed by atoms with Crippen molar-refractivity contribution in [3.8, 4) is 0 Å².